The largest absolute Gasteiger partial charge is 0.480 e. The number of carboxylic acid groups (broad SMARTS) is 1. The zero-order valence-electron chi connectivity index (χ0n) is 12.7. The molecule has 2 rings (SSSR count). The van der Waals surface area contributed by atoms with Crippen LogP contribution >= 0.6 is 11.8 Å². The van der Waals surface area contributed by atoms with Crippen LogP contribution in [0.1, 0.15) is 45.4 Å². The van der Waals surface area contributed by atoms with Gasteiger partial charge in [0.25, 0.3) is 0 Å². The van der Waals surface area contributed by atoms with Crippen molar-refractivity contribution in [2.75, 3.05) is 18.1 Å². The molecule has 1 saturated carbocycles. The number of carbonyl (C=O) groups is 2. The van der Waals surface area contributed by atoms with Crippen LogP contribution in [-0.2, 0) is 9.59 Å². The molecule has 1 aliphatic heterocycles. The normalized spacial score (nSPS) is 33.4. The highest BCUT2D eigenvalue weighted by molar-refractivity contribution is 7.99. The van der Waals surface area contributed by atoms with Crippen LogP contribution in [0.4, 0.5) is 0 Å². The fraction of sp³-hybridized carbons (Fsp3) is 0.867. The van der Waals surface area contributed by atoms with Gasteiger partial charge in [0.1, 0.15) is 5.54 Å². The van der Waals surface area contributed by atoms with E-state index in [1.807, 2.05) is 11.8 Å². The van der Waals surface area contributed by atoms with Crippen LogP contribution in [0, 0.1) is 5.92 Å². The maximum Gasteiger partial charge on any atom is 0.329 e. The molecule has 1 aliphatic carbocycles. The molecular formula is C15H26N2O3S. The van der Waals surface area contributed by atoms with E-state index in [0.29, 0.717) is 25.2 Å². The highest BCUT2D eigenvalue weighted by Crippen LogP contribution is 2.34. The van der Waals surface area contributed by atoms with Gasteiger partial charge in [0.2, 0.25) is 5.91 Å². The Morgan fingerprint density at radius 2 is 2.10 bits per heavy atom. The molecular weight excluding hydrogens is 288 g/mol. The molecule has 3 N–H and O–H groups in total. The lowest BCUT2D eigenvalue weighted by atomic mass is 9.75. The van der Waals surface area contributed by atoms with Crippen LogP contribution in [0.3, 0.4) is 0 Å². The first-order valence-electron chi connectivity index (χ1n) is 7.91. The Hall–Kier alpha value is -0.750. The number of thioether (sulfide) groups is 1. The van der Waals surface area contributed by atoms with Gasteiger partial charge in [0, 0.05) is 30.5 Å². The third-order valence-electron chi connectivity index (χ3n) is 4.75. The summed E-state index contributed by atoms with van der Waals surface area (Å²) in [7, 11) is 0. The van der Waals surface area contributed by atoms with Crippen molar-refractivity contribution in [3.05, 3.63) is 0 Å². The lowest BCUT2D eigenvalue weighted by Crippen LogP contribution is -2.57. The number of hydrogen-bond acceptors (Lipinski definition) is 4. The fourth-order valence-electron chi connectivity index (χ4n) is 3.26. The molecule has 1 saturated heterocycles. The Bertz CT molecular complexity index is 375. The van der Waals surface area contributed by atoms with Gasteiger partial charge >= 0.3 is 5.97 Å². The molecule has 1 atom stereocenters. The number of carbonyl (C=O) groups excluding carboxylic acids is 1. The van der Waals surface area contributed by atoms with Crippen LogP contribution in [-0.4, -0.2) is 46.6 Å². The average Bonchev–Trinajstić information content (AvgIpc) is 2.48. The predicted molar refractivity (Wildman–Crippen MR) is 84.5 cm³/mol. The number of aliphatic carboxylic acids is 1. The minimum atomic E-state index is -1.04. The summed E-state index contributed by atoms with van der Waals surface area (Å²) in [6.45, 7) is 3.06. The molecule has 1 amide bonds. The maximum absolute atomic E-state index is 12.2. The quantitative estimate of drug-likeness (QED) is 0.719. The Kier molecular flexibility index (Phi) is 5.93. The van der Waals surface area contributed by atoms with Crippen molar-refractivity contribution in [1.29, 1.82) is 0 Å². The van der Waals surface area contributed by atoms with Crippen LogP contribution in [0.5, 0.6) is 0 Å². The summed E-state index contributed by atoms with van der Waals surface area (Å²) in [4.78, 5) is 23.9. The smallest absolute Gasteiger partial charge is 0.329 e. The maximum atomic E-state index is 12.2. The Labute approximate surface area is 130 Å². The molecule has 0 aromatic heterocycles. The Morgan fingerprint density at radius 3 is 2.62 bits per heavy atom. The molecule has 2 aliphatic rings. The number of nitrogens with one attached hydrogen (secondary N) is 2. The Morgan fingerprint density at radius 1 is 1.38 bits per heavy atom. The van der Waals surface area contributed by atoms with E-state index in [-0.39, 0.29) is 11.9 Å². The lowest BCUT2D eigenvalue weighted by molar-refractivity contribution is -0.149. The van der Waals surface area contributed by atoms with Gasteiger partial charge in [-0.3, -0.25) is 4.79 Å². The van der Waals surface area contributed by atoms with E-state index in [0.717, 1.165) is 37.3 Å². The molecule has 120 valence electrons. The second kappa shape index (κ2) is 7.49. The van der Waals surface area contributed by atoms with Crippen molar-refractivity contribution >= 4 is 23.6 Å². The monoisotopic (exact) mass is 314 g/mol. The van der Waals surface area contributed by atoms with Gasteiger partial charge in [-0.2, -0.15) is 11.8 Å². The first-order valence-corrected chi connectivity index (χ1v) is 9.07. The SMILES string of the molecule is CCC1CCC(NC(=O)CC2CSCCN2)(C(=O)O)CC1. The molecule has 6 heteroatoms. The first kappa shape index (κ1) is 16.6. The predicted octanol–water partition coefficient (Wildman–Crippen LogP) is 1.62. The number of amides is 1. The van der Waals surface area contributed by atoms with Crippen LogP contribution < -0.4 is 10.6 Å². The molecule has 0 aromatic carbocycles. The summed E-state index contributed by atoms with van der Waals surface area (Å²) >= 11 is 1.84. The zero-order valence-corrected chi connectivity index (χ0v) is 13.5. The van der Waals surface area contributed by atoms with E-state index in [1.165, 1.54) is 0 Å². The molecule has 2 fully saturated rings. The van der Waals surface area contributed by atoms with Gasteiger partial charge in [-0.25, -0.2) is 4.79 Å². The number of hydrogen-bond donors (Lipinski definition) is 3. The molecule has 0 aromatic rings. The highest BCUT2D eigenvalue weighted by atomic mass is 32.2. The van der Waals surface area contributed by atoms with E-state index in [9.17, 15) is 14.7 Å². The van der Waals surface area contributed by atoms with Gasteiger partial charge in [-0.05, 0) is 31.6 Å². The molecule has 1 heterocycles. The van der Waals surface area contributed by atoms with Crippen LogP contribution in [0.2, 0.25) is 0 Å². The topological polar surface area (TPSA) is 78.4 Å². The van der Waals surface area contributed by atoms with Crippen molar-refractivity contribution in [3.8, 4) is 0 Å². The average molecular weight is 314 g/mol. The second-order valence-electron chi connectivity index (χ2n) is 6.22. The van der Waals surface area contributed by atoms with Gasteiger partial charge in [-0.1, -0.05) is 13.3 Å². The molecule has 0 spiro atoms. The standard InChI is InChI=1S/C15H26N2O3S/c1-2-11-3-5-15(6-4-11,14(19)20)17-13(18)9-12-10-21-8-7-16-12/h11-12,16H,2-10H2,1H3,(H,17,18)(H,19,20). The highest BCUT2D eigenvalue weighted by Gasteiger charge is 2.43. The molecule has 0 bridgehead atoms. The summed E-state index contributed by atoms with van der Waals surface area (Å²) in [5.41, 5.74) is -1.04. The fourth-order valence-corrected chi connectivity index (χ4v) is 4.21. The van der Waals surface area contributed by atoms with E-state index in [1.54, 1.807) is 0 Å². The van der Waals surface area contributed by atoms with E-state index < -0.39 is 11.5 Å². The summed E-state index contributed by atoms with van der Waals surface area (Å²) < 4.78 is 0. The lowest BCUT2D eigenvalue weighted by Gasteiger charge is -2.37. The third-order valence-corrected chi connectivity index (χ3v) is 5.89. The molecule has 0 radical (unpaired) electrons. The van der Waals surface area contributed by atoms with Gasteiger partial charge in [-0.15, -0.1) is 0 Å². The van der Waals surface area contributed by atoms with Crippen LogP contribution in [0.15, 0.2) is 0 Å². The molecule has 1 unspecified atom stereocenters. The number of carboxylic acids is 1. The molecule has 21 heavy (non-hydrogen) atoms. The second-order valence-corrected chi connectivity index (χ2v) is 7.37. The Balaban J connectivity index is 1.90. The number of rotatable bonds is 5. The van der Waals surface area contributed by atoms with Gasteiger partial charge < -0.3 is 15.7 Å². The van der Waals surface area contributed by atoms with Gasteiger partial charge in [0.15, 0.2) is 0 Å². The molecule has 5 nitrogen and oxygen atoms in total. The third kappa shape index (κ3) is 4.36. The van der Waals surface area contributed by atoms with Crippen LogP contribution in [0.25, 0.3) is 0 Å². The summed E-state index contributed by atoms with van der Waals surface area (Å²) in [6.07, 6.45) is 4.35. The van der Waals surface area contributed by atoms with Crippen molar-refractivity contribution in [3.63, 3.8) is 0 Å². The van der Waals surface area contributed by atoms with E-state index in [4.69, 9.17) is 0 Å². The van der Waals surface area contributed by atoms with E-state index in [2.05, 4.69) is 17.6 Å². The van der Waals surface area contributed by atoms with E-state index >= 15 is 0 Å². The van der Waals surface area contributed by atoms with Crippen molar-refractivity contribution < 1.29 is 14.7 Å². The first-order chi connectivity index (χ1) is 10.1. The van der Waals surface area contributed by atoms with Crippen molar-refractivity contribution in [2.24, 2.45) is 5.92 Å². The minimum Gasteiger partial charge on any atom is -0.480 e. The summed E-state index contributed by atoms with van der Waals surface area (Å²) in [5, 5.41) is 15.7. The van der Waals surface area contributed by atoms with Crippen molar-refractivity contribution in [2.45, 2.75) is 57.0 Å². The minimum absolute atomic E-state index is 0.132. The summed E-state index contributed by atoms with van der Waals surface area (Å²) in [5.74, 6) is 1.59. The zero-order chi connectivity index (χ0) is 15.3. The van der Waals surface area contributed by atoms with Crippen molar-refractivity contribution in [1.82, 2.24) is 10.6 Å². The summed E-state index contributed by atoms with van der Waals surface area (Å²) in [6, 6.07) is 0.168. The van der Waals surface area contributed by atoms with Gasteiger partial charge in [0.05, 0.1) is 0 Å².